The molecule has 0 aliphatic heterocycles. The Balaban J connectivity index is 3.67. The van der Waals surface area contributed by atoms with Gasteiger partial charge in [-0.05, 0) is 19.1 Å². The maximum absolute atomic E-state index is 12.6. The van der Waals surface area contributed by atoms with Gasteiger partial charge in [-0.1, -0.05) is 11.6 Å². The first-order chi connectivity index (χ1) is 7.29. The fraction of sp³-hybridized carbons (Fsp3) is 0.200. The largest absolute Gasteiger partial charge is 0.417 e. The highest BCUT2D eigenvalue weighted by atomic mass is 35.5. The van der Waals surface area contributed by atoms with Gasteiger partial charge in [-0.15, -0.1) is 0 Å². The molecule has 1 aromatic carbocycles. The molecule has 6 heteroatoms. The summed E-state index contributed by atoms with van der Waals surface area (Å²) in [5.74, 6) is -0.841. The highest BCUT2D eigenvalue weighted by Gasteiger charge is 2.36. The average Bonchev–Trinajstić information content (AvgIpc) is 2.14. The molecule has 0 atom stereocenters. The highest BCUT2D eigenvalue weighted by molar-refractivity contribution is 6.32. The highest BCUT2D eigenvalue weighted by Crippen LogP contribution is 2.35. The lowest BCUT2D eigenvalue weighted by Gasteiger charge is -2.12. The monoisotopic (exact) mass is 247 g/mol. The van der Waals surface area contributed by atoms with Crippen LogP contribution >= 0.6 is 11.6 Å². The number of rotatable bonds is 1. The zero-order valence-electron chi connectivity index (χ0n) is 8.02. The van der Waals surface area contributed by atoms with Gasteiger partial charge in [0.1, 0.15) is 6.07 Å². The molecule has 84 valence electrons. The molecule has 2 nitrogen and oxygen atoms in total. The van der Waals surface area contributed by atoms with E-state index in [1.54, 1.807) is 0 Å². The van der Waals surface area contributed by atoms with Crippen LogP contribution in [0.5, 0.6) is 0 Å². The molecule has 0 heterocycles. The molecule has 1 rings (SSSR count). The third kappa shape index (κ3) is 2.17. The van der Waals surface area contributed by atoms with E-state index in [0.717, 1.165) is 13.0 Å². The zero-order valence-corrected chi connectivity index (χ0v) is 8.78. The first kappa shape index (κ1) is 12.5. The molecule has 0 bridgehead atoms. The number of carbonyl (C=O) groups is 1. The van der Waals surface area contributed by atoms with Gasteiger partial charge in [0.05, 0.1) is 16.1 Å². The molecule has 16 heavy (non-hydrogen) atoms. The van der Waals surface area contributed by atoms with Crippen molar-refractivity contribution in [3.63, 3.8) is 0 Å². The smallest absolute Gasteiger partial charge is 0.294 e. The standard InChI is InChI=1S/C10H5ClF3NO/c1-5(16)9-6(4-15)8(11)3-2-7(9)10(12,13)14/h2-3H,1H3. The Hall–Kier alpha value is -1.54. The summed E-state index contributed by atoms with van der Waals surface area (Å²) >= 11 is 5.55. The van der Waals surface area contributed by atoms with Crippen LogP contribution < -0.4 is 0 Å². The third-order valence-corrected chi connectivity index (χ3v) is 2.24. The summed E-state index contributed by atoms with van der Waals surface area (Å²) in [5.41, 5.74) is -2.26. The predicted octanol–water partition coefficient (Wildman–Crippen LogP) is 3.43. The summed E-state index contributed by atoms with van der Waals surface area (Å²) in [4.78, 5) is 11.1. The third-order valence-electron chi connectivity index (χ3n) is 1.92. The van der Waals surface area contributed by atoms with Crippen molar-refractivity contribution in [2.45, 2.75) is 13.1 Å². The normalized spacial score (nSPS) is 11.0. The first-order valence-electron chi connectivity index (χ1n) is 4.09. The van der Waals surface area contributed by atoms with Crippen molar-refractivity contribution in [3.8, 4) is 6.07 Å². The Morgan fingerprint density at radius 3 is 2.38 bits per heavy atom. The summed E-state index contributed by atoms with van der Waals surface area (Å²) < 4.78 is 37.7. The number of nitrogens with zero attached hydrogens (tertiary/aromatic N) is 1. The van der Waals surface area contributed by atoms with E-state index in [1.165, 1.54) is 6.07 Å². The minimum atomic E-state index is -4.68. The van der Waals surface area contributed by atoms with Crippen LogP contribution in [0.1, 0.15) is 28.4 Å². The van der Waals surface area contributed by atoms with E-state index in [1.807, 2.05) is 0 Å². The quantitative estimate of drug-likeness (QED) is 0.714. The molecule has 0 fully saturated rings. The van der Waals surface area contributed by atoms with E-state index < -0.39 is 28.6 Å². The van der Waals surface area contributed by atoms with Crippen molar-refractivity contribution in [3.05, 3.63) is 33.8 Å². The van der Waals surface area contributed by atoms with E-state index in [-0.39, 0.29) is 5.02 Å². The number of carbonyl (C=O) groups excluding carboxylic acids is 1. The van der Waals surface area contributed by atoms with Crippen LogP contribution in [-0.4, -0.2) is 5.78 Å². The number of Topliss-reactive ketones (excluding diaryl/α,β-unsaturated/α-hetero) is 1. The Morgan fingerprint density at radius 2 is 2.00 bits per heavy atom. The van der Waals surface area contributed by atoms with Gasteiger partial charge in [0.15, 0.2) is 5.78 Å². The van der Waals surface area contributed by atoms with Crippen LogP contribution in [0, 0.1) is 11.3 Å². The van der Waals surface area contributed by atoms with Crippen molar-refractivity contribution in [1.29, 1.82) is 5.26 Å². The van der Waals surface area contributed by atoms with Crippen LogP contribution in [0.15, 0.2) is 12.1 Å². The van der Waals surface area contributed by atoms with Crippen LogP contribution in [0.25, 0.3) is 0 Å². The van der Waals surface area contributed by atoms with Crippen molar-refractivity contribution in [2.75, 3.05) is 0 Å². The molecule has 0 radical (unpaired) electrons. The van der Waals surface area contributed by atoms with Gasteiger partial charge in [0.25, 0.3) is 0 Å². The lowest BCUT2D eigenvalue weighted by Crippen LogP contribution is -2.13. The van der Waals surface area contributed by atoms with Gasteiger partial charge >= 0.3 is 6.18 Å². The fourth-order valence-electron chi connectivity index (χ4n) is 1.29. The number of halogens is 4. The summed E-state index contributed by atoms with van der Waals surface area (Å²) in [6, 6.07) is 3.15. The average molecular weight is 248 g/mol. The molecule has 1 aromatic rings. The van der Waals surface area contributed by atoms with Crippen molar-refractivity contribution < 1.29 is 18.0 Å². The van der Waals surface area contributed by atoms with E-state index in [2.05, 4.69) is 0 Å². The maximum Gasteiger partial charge on any atom is 0.417 e. The van der Waals surface area contributed by atoms with Gasteiger partial charge in [-0.25, -0.2) is 0 Å². The van der Waals surface area contributed by atoms with Gasteiger partial charge in [-0.3, -0.25) is 4.79 Å². The summed E-state index contributed by atoms with van der Waals surface area (Å²) in [6.45, 7) is 0.960. The van der Waals surface area contributed by atoms with Crippen molar-refractivity contribution in [2.24, 2.45) is 0 Å². The lowest BCUT2D eigenvalue weighted by molar-refractivity contribution is -0.137. The molecule has 0 spiro atoms. The summed E-state index contributed by atoms with van der Waals surface area (Å²) in [5, 5.41) is 8.52. The topological polar surface area (TPSA) is 40.9 Å². The zero-order chi connectivity index (χ0) is 12.5. The lowest BCUT2D eigenvalue weighted by atomic mass is 9.98. The predicted molar refractivity (Wildman–Crippen MR) is 51.2 cm³/mol. The fourth-order valence-corrected chi connectivity index (χ4v) is 1.49. The maximum atomic E-state index is 12.6. The van der Waals surface area contributed by atoms with Gasteiger partial charge < -0.3 is 0 Å². The van der Waals surface area contributed by atoms with Crippen LogP contribution in [-0.2, 0) is 6.18 Å². The number of alkyl halides is 3. The Bertz CT molecular complexity index is 488. The van der Waals surface area contributed by atoms with E-state index in [9.17, 15) is 18.0 Å². The molecule has 0 aliphatic carbocycles. The van der Waals surface area contributed by atoms with Crippen LogP contribution in [0.2, 0.25) is 5.02 Å². The van der Waals surface area contributed by atoms with Crippen LogP contribution in [0.3, 0.4) is 0 Å². The Labute approximate surface area is 94.2 Å². The van der Waals surface area contributed by atoms with E-state index in [4.69, 9.17) is 16.9 Å². The molecule has 0 saturated carbocycles. The number of hydrogen-bond acceptors (Lipinski definition) is 2. The van der Waals surface area contributed by atoms with Crippen molar-refractivity contribution >= 4 is 17.4 Å². The minimum Gasteiger partial charge on any atom is -0.294 e. The van der Waals surface area contributed by atoms with Gasteiger partial charge in [-0.2, -0.15) is 18.4 Å². The number of nitriles is 1. The molecule has 0 unspecified atom stereocenters. The molecule has 0 N–H and O–H groups in total. The summed E-state index contributed by atoms with van der Waals surface area (Å²) in [6.07, 6.45) is -4.68. The molecule has 0 amide bonds. The van der Waals surface area contributed by atoms with E-state index >= 15 is 0 Å². The molecular weight excluding hydrogens is 243 g/mol. The number of ketones is 1. The van der Waals surface area contributed by atoms with Crippen molar-refractivity contribution in [1.82, 2.24) is 0 Å². The second-order valence-corrected chi connectivity index (χ2v) is 3.42. The molecule has 0 aliphatic rings. The molecule has 0 saturated heterocycles. The van der Waals surface area contributed by atoms with Gasteiger partial charge in [0.2, 0.25) is 0 Å². The molecule has 0 aromatic heterocycles. The number of benzene rings is 1. The van der Waals surface area contributed by atoms with Gasteiger partial charge in [0, 0.05) is 5.56 Å². The second-order valence-electron chi connectivity index (χ2n) is 3.01. The minimum absolute atomic E-state index is 0.166. The second kappa shape index (κ2) is 4.14. The Kier molecular flexibility index (Phi) is 3.24. The van der Waals surface area contributed by atoms with E-state index in [0.29, 0.717) is 6.07 Å². The molecular formula is C10H5ClF3NO. The number of hydrogen-bond donors (Lipinski definition) is 0. The van der Waals surface area contributed by atoms with Crippen LogP contribution in [0.4, 0.5) is 13.2 Å². The SMILES string of the molecule is CC(=O)c1c(C(F)(F)F)ccc(Cl)c1C#N. The summed E-state index contributed by atoms with van der Waals surface area (Å²) in [7, 11) is 0. The first-order valence-corrected chi connectivity index (χ1v) is 4.47. The Morgan fingerprint density at radius 1 is 1.44 bits per heavy atom.